The number of aliphatic carboxylic acids is 1. The van der Waals surface area contributed by atoms with Crippen LogP contribution in [-0.2, 0) is 28.6 Å². The molecule has 1 rings (SSSR count). The molecule has 26 heavy (non-hydrogen) atoms. The molecular weight excluding hydrogens is 358 g/mol. The van der Waals surface area contributed by atoms with Gasteiger partial charge in [-0.15, -0.1) is 0 Å². The van der Waals surface area contributed by atoms with E-state index in [1.807, 2.05) is 0 Å². The largest absolute Gasteiger partial charge is 0.477 e. The van der Waals surface area contributed by atoms with Gasteiger partial charge in [-0.3, -0.25) is 9.59 Å². The number of hydrogen-bond donors (Lipinski definition) is 6. The number of carboxylic acid groups (broad SMARTS) is 1. The van der Waals surface area contributed by atoms with E-state index in [0.717, 1.165) is 14.0 Å². The van der Waals surface area contributed by atoms with Gasteiger partial charge in [-0.1, -0.05) is 0 Å². The highest BCUT2D eigenvalue weighted by atomic mass is 16.7. The van der Waals surface area contributed by atoms with Crippen LogP contribution in [0.1, 0.15) is 13.3 Å². The summed E-state index contributed by atoms with van der Waals surface area (Å²) in [6, 6.07) is -1.34. The Bertz CT molecular complexity index is 523. The predicted octanol–water partition coefficient (Wildman–Crippen LogP) is -3.67. The number of carbonyl (C=O) groups is 3. The topological polar surface area (TPSA) is 192 Å². The van der Waals surface area contributed by atoms with E-state index >= 15 is 0 Å². The van der Waals surface area contributed by atoms with Crippen molar-refractivity contribution in [3.05, 3.63) is 0 Å². The van der Waals surface area contributed by atoms with Gasteiger partial charge in [-0.25, -0.2) is 4.79 Å². The molecule has 1 aliphatic rings. The maximum Gasteiger partial charge on any atom is 0.364 e. The van der Waals surface area contributed by atoms with Crippen LogP contribution >= 0.6 is 0 Å². The number of amides is 1. The third-order valence-electron chi connectivity index (χ3n) is 3.89. The zero-order chi connectivity index (χ0) is 20.1. The van der Waals surface area contributed by atoms with Crippen LogP contribution in [0.5, 0.6) is 0 Å². The SMILES string of the molecule is CO[C@H](CO)[C@@H](O)[C@@H]1OC(O)(C(=O)O)C[C@H](OC(C)=O)[C@H]1NC(=O)CO. The van der Waals surface area contributed by atoms with E-state index in [-0.39, 0.29) is 0 Å². The predicted molar refractivity (Wildman–Crippen MR) is 80.5 cm³/mol. The molecule has 1 unspecified atom stereocenters. The van der Waals surface area contributed by atoms with Crippen molar-refractivity contribution in [2.75, 3.05) is 20.3 Å². The highest BCUT2D eigenvalue weighted by molar-refractivity contribution is 5.78. The minimum atomic E-state index is -2.83. The Kier molecular flexibility index (Phi) is 7.87. The Balaban J connectivity index is 3.30. The van der Waals surface area contributed by atoms with Crippen molar-refractivity contribution in [3.63, 3.8) is 0 Å². The molecule has 150 valence electrons. The van der Waals surface area contributed by atoms with Gasteiger partial charge in [0.15, 0.2) is 0 Å². The Morgan fingerprint density at radius 3 is 2.38 bits per heavy atom. The molecule has 1 saturated heterocycles. The Morgan fingerprint density at radius 2 is 1.96 bits per heavy atom. The van der Waals surface area contributed by atoms with E-state index in [0.29, 0.717) is 0 Å². The molecule has 0 aliphatic carbocycles. The number of carbonyl (C=O) groups excluding carboxylic acids is 2. The van der Waals surface area contributed by atoms with Crippen LogP contribution in [0.15, 0.2) is 0 Å². The number of aliphatic hydroxyl groups excluding tert-OH is 3. The lowest BCUT2D eigenvalue weighted by atomic mass is 9.88. The smallest absolute Gasteiger partial charge is 0.364 e. The van der Waals surface area contributed by atoms with E-state index in [1.165, 1.54) is 0 Å². The van der Waals surface area contributed by atoms with Gasteiger partial charge in [-0.2, -0.15) is 0 Å². The lowest BCUT2D eigenvalue weighted by Gasteiger charge is -2.46. The van der Waals surface area contributed by atoms with Crippen LogP contribution in [0.3, 0.4) is 0 Å². The second kappa shape index (κ2) is 9.21. The van der Waals surface area contributed by atoms with Gasteiger partial charge in [0.25, 0.3) is 5.79 Å². The minimum absolute atomic E-state index is 0.693. The van der Waals surface area contributed by atoms with E-state index in [1.54, 1.807) is 0 Å². The van der Waals surface area contributed by atoms with E-state index in [4.69, 9.17) is 19.3 Å². The van der Waals surface area contributed by atoms with E-state index < -0.39 is 73.7 Å². The first-order chi connectivity index (χ1) is 12.1. The van der Waals surface area contributed by atoms with E-state index in [9.17, 15) is 34.8 Å². The number of esters is 1. The van der Waals surface area contributed by atoms with Gasteiger partial charge >= 0.3 is 11.9 Å². The molecule has 0 aromatic carbocycles. The van der Waals surface area contributed by atoms with Crippen molar-refractivity contribution in [1.29, 1.82) is 0 Å². The summed E-state index contributed by atoms with van der Waals surface area (Å²) >= 11 is 0. The van der Waals surface area contributed by atoms with Crippen molar-refractivity contribution in [2.45, 2.75) is 49.6 Å². The van der Waals surface area contributed by atoms with Crippen LogP contribution in [0.2, 0.25) is 0 Å². The molecule has 0 aromatic heterocycles. The van der Waals surface area contributed by atoms with E-state index in [2.05, 4.69) is 5.32 Å². The second-order valence-electron chi connectivity index (χ2n) is 5.72. The third kappa shape index (κ3) is 5.09. The number of aliphatic hydroxyl groups is 4. The summed E-state index contributed by atoms with van der Waals surface area (Å²) in [5.74, 6) is -6.41. The van der Waals surface area contributed by atoms with Crippen molar-refractivity contribution in [1.82, 2.24) is 5.32 Å². The molecule has 12 nitrogen and oxygen atoms in total. The molecule has 1 aliphatic heterocycles. The lowest BCUT2D eigenvalue weighted by molar-refractivity contribution is -0.297. The van der Waals surface area contributed by atoms with Gasteiger partial charge in [0.05, 0.1) is 19.1 Å². The minimum Gasteiger partial charge on any atom is -0.477 e. The molecule has 0 spiro atoms. The maximum atomic E-state index is 11.6. The van der Waals surface area contributed by atoms with Crippen LogP contribution < -0.4 is 5.32 Å². The summed E-state index contributed by atoms with van der Waals surface area (Å²) < 4.78 is 14.9. The average molecular weight is 381 g/mol. The molecule has 0 bridgehead atoms. The van der Waals surface area contributed by atoms with Crippen molar-refractivity contribution < 1.29 is 54.1 Å². The number of ether oxygens (including phenoxy) is 3. The van der Waals surface area contributed by atoms with Crippen molar-refractivity contribution >= 4 is 17.8 Å². The summed E-state index contributed by atoms with van der Waals surface area (Å²) in [7, 11) is 1.15. The first-order valence-corrected chi connectivity index (χ1v) is 7.62. The van der Waals surface area contributed by atoms with Gasteiger partial charge in [0, 0.05) is 14.0 Å². The summed E-state index contributed by atoms with van der Waals surface area (Å²) in [4.78, 5) is 34.3. The highest BCUT2D eigenvalue weighted by Gasteiger charge is 2.55. The molecule has 1 amide bonds. The fourth-order valence-corrected chi connectivity index (χ4v) is 2.65. The average Bonchev–Trinajstić information content (AvgIpc) is 2.57. The quantitative estimate of drug-likeness (QED) is 0.227. The summed E-state index contributed by atoms with van der Waals surface area (Å²) in [6.45, 7) is -0.609. The zero-order valence-corrected chi connectivity index (χ0v) is 14.2. The van der Waals surface area contributed by atoms with Crippen LogP contribution in [0.4, 0.5) is 0 Å². The molecule has 1 fully saturated rings. The normalized spacial score (nSPS) is 30.9. The summed E-state index contributed by atoms with van der Waals surface area (Å²) in [5.41, 5.74) is 0. The van der Waals surface area contributed by atoms with Gasteiger partial charge in [0.2, 0.25) is 5.91 Å². The summed E-state index contributed by atoms with van der Waals surface area (Å²) in [5, 5.41) is 50.2. The number of rotatable bonds is 8. The standard InChI is InChI=1S/C14H23NO11/c1-6(18)25-7-3-14(23,13(21)22)26-12(10(7)15-9(19)5-17)11(20)8(4-16)24-2/h7-8,10-12,16-17,20,23H,3-5H2,1-2H3,(H,15,19)(H,21,22)/t7-,8+,10+,11+,12+,14?/m0/s1. The maximum absolute atomic E-state index is 11.6. The second-order valence-corrected chi connectivity index (χ2v) is 5.72. The molecule has 0 saturated carbocycles. The number of hydrogen-bond acceptors (Lipinski definition) is 10. The molecule has 12 heteroatoms. The zero-order valence-electron chi connectivity index (χ0n) is 14.2. The molecule has 0 radical (unpaired) electrons. The van der Waals surface area contributed by atoms with Gasteiger partial charge in [-0.05, 0) is 0 Å². The first kappa shape index (κ1) is 22.2. The molecule has 6 N–H and O–H groups in total. The fourth-order valence-electron chi connectivity index (χ4n) is 2.65. The van der Waals surface area contributed by atoms with Gasteiger partial charge in [0.1, 0.15) is 31.0 Å². The van der Waals surface area contributed by atoms with Crippen LogP contribution in [-0.4, -0.2) is 99.9 Å². The number of methoxy groups -OCH3 is 1. The van der Waals surface area contributed by atoms with Crippen LogP contribution in [0, 0.1) is 0 Å². The van der Waals surface area contributed by atoms with Crippen molar-refractivity contribution in [3.8, 4) is 0 Å². The molecular formula is C14H23NO11. The molecule has 1 heterocycles. The number of carboxylic acids is 1. The Hall–Kier alpha value is -1.83. The van der Waals surface area contributed by atoms with Gasteiger partial charge < -0.3 is 45.1 Å². The lowest BCUT2D eigenvalue weighted by Crippen LogP contribution is -2.68. The summed E-state index contributed by atoms with van der Waals surface area (Å²) in [6.07, 6.45) is -6.80. The first-order valence-electron chi connectivity index (χ1n) is 7.62. The molecule has 0 aromatic rings. The third-order valence-corrected chi connectivity index (χ3v) is 3.89. The van der Waals surface area contributed by atoms with Crippen molar-refractivity contribution in [2.24, 2.45) is 0 Å². The number of nitrogens with one attached hydrogen (secondary N) is 1. The Labute approximate surface area is 148 Å². The Morgan fingerprint density at radius 1 is 1.35 bits per heavy atom. The fraction of sp³-hybridized carbons (Fsp3) is 0.786. The van der Waals surface area contributed by atoms with Crippen LogP contribution in [0.25, 0.3) is 0 Å². The highest BCUT2D eigenvalue weighted by Crippen LogP contribution is 2.32. The monoisotopic (exact) mass is 381 g/mol. The molecule has 6 atom stereocenters.